The number of anilines is 3. The van der Waals surface area contributed by atoms with Crippen molar-refractivity contribution in [3.8, 4) is 0 Å². The summed E-state index contributed by atoms with van der Waals surface area (Å²) in [5, 5.41) is 6.60. The van der Waals surface area contributed by atoms with Gasteiger partial charge in [-0.2, -0.15) is 0 Å². The molecule has 0 spiro atoms. The van der Waals surface area contributed by atoms with Gasteiger partial charge in [0, 0.05) is 22.6 Å². The Kier molecular flexibility index (Phi) is 5.19. The zero-order valence-electron chi connectivity index (χ0n) is 14.8. The molecule has 2 aromatic carbocycles. The highest BCUT2D eigenvalue weighted by molar-refractivity contribution is 6.31. The molecule has 0 saturated carbocycles. The smallest absolute Gasteiger partial charge is 0.274 e. The Labute approximate surface area is 157 Å². The second kappa shape index (κ2) is 7.54. The molecule has 0 atom stereocenters. The van der Waals surface area contributed by atoms with Crippen LogP contribution in [0.4, 0.5) is 17.3 Å². The van der Waals surface area contributed by atoms with Crippen molar-refractivity contribution in [2.45, 2.75) is 20.8 Å². The van der Waals surface area contributed by atoms with Crippen LogP contribution in [0.5, 0.6) is 0 Å². The summed E-state index contributed by atoms with van der Waals surface area (Å²) in [5.41, 5.74) is 4.93. The fraction of sp³-hybridized carbons (Fsp3) is 0.150. The molecule has 0 bridgehead atoms. The second-order valence-corrected chi connectivity index (χ2v) is 6.53. The summed E-state index contributed by atoms with van der Waals surface area (Å²) in [5.74, 6) is 0.0440. The maximum atomic E-state index is 12.5. The van der Waals surface area contributed by atoms with E-state index in [1.165, 1.54) is 0 Å². The zero-order valence-corrected chi connectivity index (χ0v) is 15.6. The van der Waals surface area contributed by atoms with Crippen molar-refractivity contribution >= 4 is 34.8 Å². The molecule has 1 heterocycles. The summed E-state index contributed by atoms with van der Waals surface area (Å²) in [4.78, 5) is 21.0. The van der Waals surface area contributed by atoms with Gasteiger partial charge in [-0.1, -0.05) is 35.4 Å². The Morgan fingerprint density at radius 3 is 2.54 bits per heavy atom. The fourth-order valence-electron chi connectivity index (χ4n) is 2.49. The first-order valence-corrected chi connectivity index (χ1v) is 8.55. The Hall–Kier alpha value is -2.92. The van der Waals surface area contributed by atoms with E-state index >= 15 is 0 Å². The van der Waals surface area contributed by atoms with Crippen molar-refractivity contribution in [3.05, 3.63) is 76.1 Å². The third-order valence-corrected chi connectivity index (χ3v) is 4.35. The molecule has 3 rings (SSSR count). The molecule has 0 aliphatic rings. The van der Waals surface area contributed by atoms with E-state index in [1.54, 1.807) is 18.3 Å². The van der Waals surface area contributed by atoms with Crippen LogP contribution in [0.25, 0.3) is 0 Å². The topological polar surface area (TPSA) is 66.9 Å². The van der Waals surface area contributed by atoms with Gasteiger partial charge in [0.15, 0.2) is 0 Å². The van der Waals surface area contributed by atoms with E-state index in [9.17, 15) is 4.79 Å². The lowest BCUT2D eigenvalue weighted by molar-refractivity contribution is 0.102. The third-order valence-electron chi connectivity index (χ3n) is 3.95. The van der Waals surface area contributed by atoms with Crippen molar-refractivity contribution in [1.29, 1.82) is 0 Å². The lowest BCUT2D eigenvalue weighted by Gasteiger charge is -2.10. The molecule has 2 N–H and O–H groups in total. The standard InChI is InChI=1S/C20H19ClN4O/c1-12-4-7-17(14(3)10-12)24-19(26)18-8-9-22-20(25-18)23-15-6-5-13(2)16(21)11-15/h4-11H,1-3H3,(H,24,26)(H,22,23,25). The largest absolute Gasteiger partial charge is 0.324 e. The molecule has 5 nitrogen and oxygen atoms in total. The summed E-state index contributed by atoms with van der Waals surface area (Å²) in [6.07, 6.45) is 1.54. The Balaban J connectivity index is 1.77. The van der Waals surface area contributed by atoms with Crippen LogP contribution in [-0.2, 0) is 0 Å². The van der Waals surface area contributed by atoms with Crippen molar-refractivity contribution in [1.82, 2.24) is 9.97 Å². The predicted molar refractivity (Wildman–Crippen MR) is 105 cm³/mol. The Morgan fingerprint density at radius 1 is 1.00 bits per heavy atom. The molecular formula is C20H19ClN4O. The van der Waals surface area contributed by atoms with Crippen LogP contribution in [0.15, 0.2) is 48.7 Å². The van der Waals surface area contributed by atoms with Crippen molar-refractivity contribution in [3.63, 3.8) is 0 Å². The molecule has 26 heavy (non-hydrogen) atoms. The highest BCUT2D eigenvalue weighted by Crippen LogP contribution is 2.22. The summed E-state index contributed by atoms with van der Waals surface area (Å²) < 4.78 is 0. The van der Waals surface area contributed by atoms with Crippen LogP contribution >= 0.6 is 11.6 Å². The molecule has 6 heteroatoms. The van der Waals surface area contributed by atoms with Gasteiger partial charge in [-0.3, -0.25) is 4.79 Å². The van der Waals surface area contributed by atoms with Crippen LogP contribution in [0.3, 0.4) is 0 Å². The molecule has 0 radical (unpaired) electrons. The number of hydrogen-bond donors (Lipinski definition) is 2. The number of aromatic nitrogens is 2. The van der Waals surface area contributed by atoms with Gasteiger partial charge in [0.05, 0.1) is 0 Å². The van der Waals surface area contributed by atoms with Gasteiger partial charge in [-0.15, -0.1) is 0 Å². The molecular weight excluding hydrogens is 348 g/mol. The van der Waals surface area contributed by atoms with Gasteiger partial charge in [0.2, 0.25) is 5.95 Å². The van der Waals surface area contributed by atoms with E-state index in [0.717, 1.165) is 28.1 Å². The number of nitrogens with one attached hydrogen (secondary N) is 2. The molecule has 0 aliphatic heterocycles. The first-order chi connectivity index (χ1) is 12.4. The van der Waals surface area contributed by atoms with Crippen molar-refractivity contribution in [2.24, 2.45) is 0 Å². The summed E-state index contributed by atoms with van der Waals surface area (Å²) >= 11 is 6.13. The van der Waals surface area contributed by atoms with E-state index in [2.05, 4.69) is 20.6 Å². The quantitative estimate of drug-likeness (QED) is 0.678. The number of nitrogens with zero attached hydrogens (tertiary/aromatic N) is 2. The summed E-state index contributed by atoms with van der Waals surface area (Å²) in [7, 11) is 0. The molecule has 0 aliphatic carbocycles. The van der Waals surface area contributed by atoms with Crippen molar-refractivity contribution in [2.75, 3.05) is 10.6 Å². The predicted octanol–water partition coefficient (Wildman–Crippen LogP) is 5.05. The lowest BCUT2D eigenvalue weighted by atomic mass is 10.1. The van der Waals surface area contributed by atoms with Gasteiger partial charge in [-0.25, -0.2) is 9.97 Å². The maximum Gasteiger partial charge on any atom is 0.274 e. The van der Waals surface area contributed by atoms with Crippen molar-refractivity contribution < 1.29 is 4.79 Å². The van der Waals surface area contributed by atoms with Gasteiger partial charge in [0.25, 0.3) is 5.91 Å². The Bertz CT molecular complexity index is 972. The number of hydrogen-bond acceptors (Lipinski definition) is 4. The highest BCUT2D eigenvalue weighted by atomic mass is 35.5. The fourth-order valence-corrected chi connectivity index (χ4v) is 2.67. The molecule has 0 fully saturated rings. The van der Waals surface area contributed by atoms with Gasteiger partial charge in [0.1, 0.15) is 5.69 Å². The SMILES string of the molecule is Cc1ccc(NC(=O)c2ccnc(Nc3ccc(C)c(Cl)c3)n2)c(C)c1. The van der Waals surface area contributed by atoms with Crippen LogP contribution in [0, 0.1) is 20.8 Å². The average Bonchev–Trinajstić information content (AvgIpc) is 2.61. The molecule has 1 amide bonds. The minimum absolute atomic E-state index is 0.278. The van der Waals surface area contributed by atoms with Crippen LogP contribution in [-0.4, -0.2) is 15.9 Å². The van der Waals surface area contributed by atoms with E-state index in [-0.39, 0.29) is 11.6 Å². The summed E-state index contributed by atoms with van der Waals surface area (Å²) in [6.45, 7) is 5.90. The van der Waals surface area contributed by atoms with Crippen LogP contribution in [0.1, 0.15) is 27.2 Å². The average molecular weight is 367 g/mol. The molecule has 1 aromatic heterocycles. The maximum absolute atomic E-state index is 12.5. The monoisotopic (exact) mass is 366 g/mol. The number of aryl methyl sites for hydroxylation is 3. The first-order valence-electron chi connectivity index (χ1n) is 8.17. The number of benzene rings is 2. The molecule has 3 aromatic rings. The third kappa shape index (κ3) is 4.18. The normalized spacial score (nSPS) is 10.5. The van der Waals surface area contributed by atoms with Crippen LogP contribution < -0.4 is 10.6 Å². The van der Waals surface area contributed by atoms with E-state index < -0.39 is 0 Å². The zero-order chi connectivity index (χ0) is 18.7. The first kappa shape index (κ1) is 17.9. The number of halogens is 1. The molecule has 132 valence electrons. The molecule has 0 saturated heterocycles. The van der Waals surface area contributed by atoms with Crippen LogP contribution in [0.2, 0.25) is 5.02 Å². The summed E-state index contributed by atoms with van der Waals surface area (Å²) in [6, 6.07) is 13.0. The highest BCUT2D eigenvalue weighted by Gasteiger charge is 2.11. The lowest BCUT2D eigenvalue weighted by Crippen LogP contribution is -2.15. The number of amides is 1. The number of rotatable bonds is 4. The Morgan fingerprint density at radius 2 is 1.81 bits per heavy atom. The molecule has 0 unspecified atom stereocenters. The van der Waals surface area contributed by atoms with E-state index in [4.69, 9.17) is 11.6 Å². The van der Waals surface area contributed by atoms with Gasteiger partial charge in [-0.05, 0) is 56.2 Å². The number of carbonyl (C=O) groups excluding carboxylic acids is 1. The second-order valence-electron chi connectivity index (χ2n) is 6.13. The van der Waals surface area contributed by atoms with Gasteiger partial charge >= 0.3 is 0 Å². The minimum atomic E-state index is -0.288. The van der Waals surface area contributed by atoms with E-state index in [1.807, 2.05) is 51.1 Å². The van der Waals surface area contributed by atoms with E-state index in [0.29, 0.717) is 11.0 Å². The van der Waals surface area contributed by atoms with Gasteiger partial charge < -0.3 is 10.6 Å². The minimum Gasteiger partial charge on any atom is -0.324 e. The number of carbonyl (C=O) groups is 1.